The van der Waals surface area contributed by atoms with Crippen LogP contribution in [0.1, 0.15) is 135 Å². The lowest BCUT2D eigenvalue weighted by atomic mass is 10.0. The van der Waals surface area contributed by atoms with Gasteiger partial charge < -0.3 is 10.1 Å². The molecule has 0 rings (SSSR count). The summed E-state index contributed by atoms with van der Waals surface area (Å²) in [6.07, 6.45) is 25.6. The highest BCUT2D eigenvalue weighted by molar-refractivity contribution is 5.75. The van der Waals surface area contributed by atoms with Crippen molar-refractivity contribution in [3.8, 4) is 0 Å². The summed E-state index contributed by atoms with van der Waals surface area (Å²) in [6, 6.07) is 0. The predicted octanol–water partition coefficient (Wildman–Crippen LogP) is 7.12. The van der Waals surface area contributed by atoms with Gasteiger partial charge in [0.2, 0.25) is 5.91 Å². The Bertz CT molecular complexity index is 318. The second-order valence-corrected chi connectivity index (χ2v) is 8.07. The van der Waals surface area contributed by atoms with Crippen molar-refractivity contribution in [3.63, 3.8) is 0 Å². The molecule has 0 spiro atoms. The maximum absolute atomic E-state index is 11.7. The van der Waals surface area contributed by atoms with Crippen molar-refractivity contribution in [1.82, 2.24) is 5.32 Å². The molecule has 3 nitrogen and oxygen atoms in total. The molecule has 0 radical (unpaired) electrons. The van der Waals surface area contributed by atoms with Gasteiger partial charge in [0.1, 0.15) is 6.29 Å². The van der Waals surface area contributed by atoms with Crippen molar-refractivity contribution in [2.75, 3.05) is 6.54 Å². The third-order valence-electron chi connectivity index (χ3n) is 5.33. The maximum atomic E-state index is 11.7. The number of nitrogens with one attached hydrogen (secondary N) is 1. The highest BCUT2D eigenvalue weighted by Gasteiger charge is 2.00. The molecule has 160 valence electrons. The summed E-state index contributed by atoms with van der Waals surface area (Å²) in [7, 11) is 0. The minimum absolute atomic E-state index is 0.195. The predicted molar refractivity (Wildman–Crippen MR) is 117 cm³/mol. The van der Waals surface area contributed by atoms with Crippen molar-refractivity contribution in [2.45, 2.75) is 135 Å². The molecule has 0 saturated heterocycles. The number of hydrogen-bond donors (Lipinski definition) is 1. The largest absolute Gasteiger partial charge is 0.356 e. The molecule has 0 aliphatic rings. The molecular weight excluding hydrogens is 334 g/mol. The average Bonchev–Trinajstić information content (AvgIpc) is 2.67. The highest BCUT2D eigenvalue weighted by atomic mass is 16.1. The second kappa shape index (κ2) is 23.2. The van der Waals surface area contributed by atoms with Crippen LogP contribution in [0.25, 0.3) is 0 Å². The molecule has 0 aromatic carbocycles. The van der Waals surface area contributed by atoms with Gasteiger partial charge in [0.15, 0.2) is 0 Å². The zero-order valence-electron chi connectivity index (χ0n) is 18.2. The number of rotatable bonds is 22. The van der Waals surface area contributed by atoms with Crippen LogP contribution in [0, 0.1) is 0 Å². The van der Waals surface area contributed by atoms with Crippen molar-refractivity contribution < 1.29 is 9.59 Å². The van der Waals surface area contributed by atoms with Crippen molar-refractivity contribution in [1.29, 1.82) is 0 Å². The number of carbonyl (C=O) groups is 2. The first-order valence-corrected chi connectivity index (χ1v) is 12.0. The third-order valence-corrected chi connectivity index (χ3v) is 5.33. The Morgan fingerprint density at radius 2 is 1.07 bits per heavy atom. The van der Waals surface area contributed by atoms with E-state index in [1.807, 2.05) is 0 Å². The Morgan fingerprint density at radius 3 is 1.56 bits per heavy atom. The highest BCUT2D eigenvalue weighted by Crippen LogP contribution is 2.13. The van der Waals surface area contributed by atoms with Gasteiger partial charge in [0.05, 0.1) is 0 Å². The van der Waals surface area contributed by atoms with Crippen molar-refractivity contribution >= 4 is 12.2 Å². The summed E-state index contributed by atoms with van der Waals surface area (Å²) < 4.78 is 0. The lowest BCUT2D eigenvalue weighted by Gasteiger charge is -2.05. The molecular formula is C24H47NO2. The molecule has 3 heteroatoms. The fourth-order valence-corrected chi connectivity index (χ4v) is 3.50. The van der Waals surface area contributed by atoms with Crippen LogP contribution in [-0.2, 0) is 9.59 Å². The van der Waals surface area contributed by atoms with Crippen LogP contribution < -0.4 is 5.32 Å². The molecule has 0 heterocycles. The third kappa shape index (κ3) is 23.1. The van der Waals surface area contributed by atoms with Gasteiger partial charge in [-0.3, -0.25) is 4.79 Å². The van der Waals surface area contributed by atoms with Gasteiger partial charge >= 0.3 is 0 Å². The minimum Gasteiger partial charge on any atom is -0.356 e. The number of aldehydes is 1. The lowest BCUT2D eigenvalue weighted by Crippen LogP contribution is -2.23. The van der Waals surface area contributed by atoms with E-state index in [1.165, 1.54) is 89.9 Å². The Hall–Kier alpha value is -0.860. The Labute approximate surface area is 169 Å². The zero-order chi connectivity index (χ0) is 19.8. The van der Waals surface area contributed by atoms with E-state index in [2.05, 4.69) is 12.2 Å². The van der Waals surface area contributed by atoms with Crippen LogP contribution in [0.2, 0.25) is 0 Å². The maximum Gasteiger partial charge on any atom is 0.219 e. The van der Waals surface area contributed by atoms with Gasteiger partial charge in [0.25, 0.3) is 0 Å². The van der Waals surface area contributed by atoms with Crippen molar-refractivity contribution in [2.24, 2.45) is 0 Å². The molecule has 0 atom stereocenters. The standard InChI is InChI=1S/C24H47NO2/c1-2-3-4-5-6-7-8-9-10-11-12-13-14-15-18-21-24(27)25-22-19-16-17-20-23-26/h23H,2-22H2,1H3,(H,25,27). The number of amides is 1. The molecule has 0 saturated carbocycles. The molecule has 0 unspecified atom stereocenters. The zero-order valence-corrected chi connectivity index (χ0v) is 18.2. The lowest BCUT2D eigenvalue weighted by molar-refractivity contribution is -0.121. The fraction of sp³-hybridized carbons (Fsp3) is 0.917. The van der Waals surface area contributed by atoms with Crippen LogP contribution in [0.5, 0.6) is 0 Å². The molecule has 0 bridgehead atoms. The van der Waals surface area contributed by atoms with E-state index in [1.54, 1.807) is 0 Å². The van der Waals surface area contributed by atoms with Gasteiger partial charge in [0, 0.05) is 19.4 Å². The first-order chi connectivity index (χ1) is 13.3. The topological polar surface area (TPSA) is 46.2 Å². The minimum atomic E-state index is 0.195. The van der Waals surface area contributed by atoms with Crippen LogP contribution in [0.3, 0.4) is 0 Å². The first kappa shape index (κ1) is 26.1. The van der Waals surface area contributed by atoms with E-state index in [4.69, 9.17) is 0 Å². The van der Waals surface area contributed by atoms with Crippen LogP contribution in [0.15, 0.2) is 0 Å². The van der Waals surface area contributed by atoms with E-state index < -0.39 is 0 Å². The molecule has 27 heavy (non-hydrogen) atoms. The van der Waals surface area contributed by atoms with Gasteiger partial charge in [-0.25, -0.2) is 0 Å². The Morgan fingerprint density at radius 1 is 0.630 bits per heavy atom. The molecule has 0 fully saturated rings. The van der Waals surface area contributed by atoms with E-state index in [-0.39, 0.29) is 5.91 Å². The number of unbranched alkanes of at least 4 members (excludes halogenated alkanes) is 17. The normalized spacial score (nSPS) is 10.9. The van der Waals surface area contributed by atoms with Crippen molar-refractivity contribution in [3.05, 3.63) is 0 Å². The number of carbonyl (C=O) groups excluding carboxylic acids is 2. The van der Waals surface area contributed by atoms with E-state index >= 15 is 0 Å². The quantitative estimate of drug-likeness (QED) is 0.160. The average molecular weight is 382 g/mol. The molecule has 0 aliphatic heterocycles. The van der Waals surface area contributed by atoms with Gasteiger partial charge in [-0.15, -0.1) is 0 Å². The monoisotopic (exact) mass is 381 g/mol. The molecule has 1 N–H and O–H groups in total. The van der Waals surface area contributed by atoms with Crippen LogP contribution >= 0.6 is 0 Å². The summed E-state index contributed by atoms with van der Waals surface area (Å²) in [4.78, 5) is 21.9. The fourth-order valence-electron chi connectivity index (χ4n) is 3.50. The van der Waals surface area contributed by atoms with Gasteiger partial charge in [-0.1, -0.05) is 103 Å². The summed E-state index contributed by atoms with van der Waals surface area (Å²) in [6.45, 7) is 3.04. The van der Waals surface area contributed by atoms with E-state index in [0.717, 1.165) is 38.5 Å². The second-order valence-electron chi connectivity index (χ2n) is 8.07. The summed E-state index contributed by atoms with van der Waals surface area (Å²) in [5, 5.41) is 2.98. The summed E-state index contributed by atoms with van der Waals surface area (Å²) in [5.41, 5.74) is 0. The van der Waals surface area contributed by atoms with Crippen LogP contribution in [0.4, 0.5) is 0 Å². The Balaban J connectivity index is 3.11. The van der Waals surface area contributed by atoms with Crippen LogP contribution in [-0.4, -0.2) is 18.7 Å². The van der Waals surface area contributed by atoms with E-state index in [9.17, 15) is 9.59 Å². The summed E-state index contributed by atoms with van der Waals surface area (Å²) in [5.74, 6) is 0.195. The Kier molecular flexibility index (Phi) is 22.4. The number of hydrogen-bond acceptors (Lipinski definition) is 2. The first-order valence-electron chi connectivity index (χ1n) is 12.0. The molecule has 0 aromatic heterocycles. The summed E-state index contributed by atoms with van der Waals surface area (Å²) >= 11 is 0. The molecule has 0 aromatic rings. The smallest absolute Gasteiger partial charge is 0.219 e. The van der Waals surface area contributed by atoms with E-state index in [0.29, 0.717) is 12.8 Å². The van der Waals surface area contributed by atoms with Gasteiger partial charge in [-0.2, -0.15) is 0 Å². The molecule has 0 aliphatic carbocycles. The van der Waals surface area contributed by atoms with Gasteiger partial charge in [-0.05, 0) is 19.3 Å². The molecule has 1 amide bonds. The SMILES string of the molecule is CCCCCCCCCCCCCCCCCC(=O)NCCCCCC=O.